The Morgan fingerprint density at radius 2 is 1.86 bits per heavy atom. The maximum atomic E-state index is 12.0. The van der Waals surface area contributed by atoms with Gasteiger partial charge in [-0.25, -0.2) is 8.89 Å². The summed E-state index contributed by atoms with van der Waals surface area (Å²) in [6.07, 6.45) is 0. The van der Waals surface area contributed by atoms with Crippen molar-refractivity contribution in [3.05, 3.63) is 54.6 Å². The first-order valence-corrected chi connectivity index (χ1v) is 7.46. The Morgan fingerprint density at radius 1 is 1.14 bits per heavy atom. The van der Waals surface area contributed by atoms with E-state index in [1.54, 1.807) is 23.9 Å². The normalized spacial score (nSPS) is 12.9. The zero-order valence-electron chi connectivity index (χ0n) is 11.4. The van der Waals surface area contributed by atoms with Gasteiger partial charge in [-0.05, 0) is 24.3 Å². The molecule has 1 heterocycles. The summed E-state index contributed by atoms with van der Waals surface area (Å²) in [7, 11) is 1.71. The lowest BCUT2D eigenvalue weighted by Gasteiger charge is -2.15. The van der Waals surface area contributed by atoms with Crippen LogP contribution >= 0.6 is 0 Å². The molecule has 1 atom stereocenters. The van der Waals surface area contributed by atoms with Gasteiger partial charge in [0.2, 0.25) is 11.1 Å². The fraction of sp³-hybridized carbons (Fsp3) is 0.143. The van der Waals surface area contributed by atoms with E-state index in [-0.39, 0.29) is 0 Å². The van der Waals surface area contributed by atoms with E-state index in [0.717, 1.165) is 11.0 Å². The van der Waals surface area contributed by atoms with Crippen molar-refractivity contribution in [2.45, 2.75) is 11.6 Å². The van der Waals surface area contributed by atoms with Gasteiger partial charge in [-0.2, -0.15) is 9.35 Å². The highest BCUT2D eigenvalue weighted by Crippen LogP contribution is 2.12. The van der Waals surface area contributed by atoms with E-state index >= 15 is 0 Å². The molecule has 0 bridgehead atoms. The summed E-state index contributed by atoms with van der Waals surface area (Å²) >= 11 is -1.54. The lowest BCUT2D eigenvalue weighted by molar-refractivity contribution is -0.0484. The van der Waals surface area contributed by atoms with Gasteiger partial charge in [0.25, 0.3) is 0 Å². The molecule has 3 rings (SSSR count). The third-order valence-electron chi connectivity index (χ3n) is 2.88. The molecule has 0 saturated carbocycles. The van der Waals surface area contributed by atoms with Crippen LogP contribution in [0.25, 0.3) is 11.0 Å². The number of hydrogen-bond acceptors (Lipinski definition) is 5. The number of hydrogen-bond donors (Lipinski definition) is 0. The van der Waals surface area contributed by atoms with E-state index in [1.807, 2.05) is 42.5 Å². The SMILES string of the molecule is CN(Cn1nnc2ccccc21)OS(=O)c1ccccc1. The highest BCUT2D eigenvalue weighted by Gasteiger charge is 2.11. The van der Waals surface area contributed by atoms with Crippen molar-refractivity contribution in [3.8, 4) is 0 Å². The lowest BCUT2D eigenvalue weighted by atomic mass is 10.3. The van der Waals surface area contributed by atoms with E-state index in [4.69, 9.17) is 4.28 Å². The van der Waals surface area contributed by atoms with Gasteiger partial charge in [0, 0.05) is 7.05 Å². The highest BCUT2D eigenvalue weighted by molar-refractivity contribution is 7.80. The smallest absolute Gasteiger partial charge is 0.206 e. The molecule has 3 aromatic rings. The maximum absolute atomic E-state index is 12.0. The molecule has 6 nitrogen and oxygen atoms in total. The average molecular weight is 302 g/mol. The minimum absolute atomic E-state index is 0.332. The van der Waals surface area contributed by atoms with Gasteiger partial charge in [0.15, 0.2) is 0 Å². The van der Waals surface area contributed by atoms with Crippen LogP contribution in [0, 0.1) is 0 Å². The second kappa shape index (κ2) is 6.13. The number of fused-ring (bicyclic) bond motifs is 1. The minimum atomic E-state index is -1.54. The Labute approximate surface area is 124 Å². The summed E-state index contributed by atoms with van der Waals surface area (Å²) < 4.78 is 19.1. The average Bonchev–Trinajstić information content (AvgIpc) is 2.91. The molecule has 7 heteroatoms. The molecule has 0 fully saturated rings. The molecule has 0 N–H and O–H groups in total. The van der Waals surface area contributed by atoms with Gasteiger partial charge in [0.05, 0.1) is 10.4 Å². The summed E-state index contributed by atoms with van der Waals surface area (Å²) in [5, 5.41) is 9.60. The zero-order chi connectivity index (χ0) is 14.7. The molecule has 1 unspecified atom stereocenters. The molecule has 0 aliphatic carbocycles. The van der Waals surface area contributed by atoms with Gasteiger partial charge in [-0.15, -0.1) is 5.10 Å². The number of hydroxylamine groups is 2. The number of para-hydroxylation sites is 1. The van der Waals surface area contributed by atoms with E-state index in [2.05, 4.69) is 10.3 Å². The quantitative estimate of drug-likeness (QED) is 0.674. The lowest BCUT2D eigenvalue weighted by Crippen LogP contribution is -2.24. The van der Waals surface area contributed by atoms with Crippen LogP contribution in [0.3, 0.4) is 0 Å². The number of nitrogens with zero attached hydrogens (tertiary/aromatic N) is 4. The number of rotatable bonds is 5. The van der Waals surface area contributed by atoms with Crippen LogP contribution in [0.1, 0.15) is 0 Å². The van der Waals surface area contributed by atoms with Crippen LogP contribution in [0.15, 0.2) is 59.5 Å². The van der Waals surface area contributed by atoms with Gasteiger partial charge < -0.3 is 0 Å². The molecule has 108 valence electrons. The molecule has 0 saturated heterocycles. The van der Waals surface area contributed by atoms with Gasteiger partial charge >= 0.3 is 0 Å². The molecule has 2 aromatic carbocycles. The van der Waals surface area contributed by atoms with Crippen molar-refractivity contribution in [3.63, 3.8) is 0 Å². The first-order valence-electron chi connectivity index (χ1n) is 6.38. The Hall–Kier alpha value is -2.09. The first kappa shape index (κ1) is 13.9. The topological polar surface area (TPSA) is 60.3 Å². The van der Waals surface area contributed by atoms with Crippen molar-refractivity contribution < 1.29 is 8.49 Å². The predicted octanol–water partition coefficient (Wildman–Crippen LogP) is 1.97. The number of benzene rings is 2. The largest absolute Gasteiger partial charge is 0.228 e. The zero-order valence-corrected chi connectivity index (χ0v) is 12.2. The Morgan fingerprint density at radius 3 is 2.67 bits per heavy atom. The Balaban J connectivity index is 1.69. The molecular formula is C14H14N4O2S. The van der Waals surface area contributed by atoms with Gasteiger partial charge in [-0.1, -0.05) is 35.5 Å². The molecule has 0 amide bonds. The van der Waals surface area contributed by atoms with Crippen molar-refractivity contribution in [2.24, 2.45) is 0 Å². The molecule has 0 aliphatic rings. The second-order valence-corrected chi connectivity index (χ2v) is 5.56. The fourth-order valence-corrected chi connectivity index (χ4v) is 2.67. The third kappa shape index (κ3) is 3.15. The van der Waals surface area contributed by atoms with Crippen LogP contribution in [-0.4, -0.2) is 31.3 Å². The standard InChI is InChI=1S/C14H14N4O2S/c1-17(20-21(19)12-7-3-2-4-8-12)11-18-14-10-6-5-9-13(14)15-16-18/h2-10H,11H2,1H3. The molecular weight excluding hydrogens is 288 g/mol. The predicted molar refractivity (Wildman–Crippen MR) is 79.2 cm³/mol. The molecule has 0 radical (unpaired) electrons. The van der Waals surface area contributed by atoms with Crippen LogP contribution in [0.2, 0.25) is 0 Å². The number of aromatic nitrogens is 3. The fourth-order valence-electron chi connectivity index (χ4n) is 1.92. The van der Waals surface area contributed by atoms with Crippen molar-refractivity contribution in [1.29, 1.82) is 0 Å². The van der Waals surface area contributed by atoms with E-state index in [0.29, 0.717) is 11.6 Å². The molecule has 1 aromatic heterocycles. The second-order valence-electron chi connectivity index (χ2n) is 4.47. The molecule has 0 aliphatic heterocycles. The van der Waals surface area contributed by atoms with Crippen LogP contribution in [0.4, 0.5) is 0 Å². The monoisotopic (exact) mass is 302 g/mol. The minimum Gasteiger partial charge on any atom is -0.228 e. The van der Waals surface area contributed by atoms with Crippen molar-refractivity contribution in [1.82, 2.24) is 20.1 Å². The maximum Gasteiger partial charge on any atom is 0.206 e. The molecule has 0 spiro atoms. The van der Waals surface area contributed by atoms with Crippen molar-refractivity contribution in [2.75, 3.05) is 7.05 Å². The Kier molecular flexibility index (Phi) is 4.05. The van der Waals surface area contributed by atoms with Crippen LogP contribution in [-0.2, 0) is 22.0 Å². The molecule has 21 heavy (non-hydrogen) atoms. The highest BCUT2D eigenvalue weighted by atomic mass is 32.2. The third-order valence-corrected chi connectivity index (χ3v) is 3.93. The van der Waals surface area contributed by atoms with Crippen molar-refractivity contribution >= 4 is 22.1 Å². The first-order chi connectivity index (χ1) is 10.2. The summed E-state index contributed by atoms with van der Waals surface area (Å²) in [4.78, 5) is 0.618. The van der Waals surface area contributed by atoms with Crippen LogP contribution < -0.4 is 0 Å². The van der Waals surface area contributed by atoms with E-state index < -0.39 is 11.1 Å². The van der Waals surface area contributed by atoms with Gasteiger partial charge in [-0.3, -0.25) is 0 Å². The summed E-state index contributed by atoms with van der Waals surface area (Å²) in [6, 6.07) is 16.7. The van der Waals surface area contributed by atoms with Gasteiger partial charge in [0.1, 0.15) is 12.2 Å². The Bertz CT molecular complexity index is 760. The summed E-state index contributed by atoms with van der Waals surface area (Å²) in [5.41, 5.74) is 1.72. The van der Waals surface area contributed by atoms with E-state index in [1.165, 1.54) is 5.06 Å². The summed E-state index contributed by atoms with van der Waals surface area (Å²) in [6.45, 7) is 0.332. The summed E-state index contributed by atoms with van der Waals surface area (Å²) in [5.74, 6) is 0. The van der Waals surface area contributed by atoms with E-state index in [9.17, 15) is 4.21 Å². The van der Waals surface area contributed by atoms with Crippen LogP contribution in [0.5, 0.6) is 0 Å².